The third-order valence-corrected chi connectivity index (χ3v) is 6.00. The third-order valence-electron chi connectivity index (χ3n) is 5.68. The van der Waals surface area contributed by atoms with Gasteiger partial charge in [-0.15, -0.1) is 0 Å². The lowest BCUT2D eigenvalue weighted by Crippen LogP contribution is -2.10. The molecule has 0 bridgehead atoms. The maximum absolute atomic E-state index is 13.4. The highest BCUT2D eigenvalue weighted by molar-refractivity contribution is 6.32. The van der Waals surface area contributed by atoms with Gasteiger partial charge in [0.25, 0.3) is 0 Å². The summed E-state index contributed by atoms with van der Waals surface area (Å²) in [4.78, 5) is 0. The van der Waals surface area contributed by atoms with Gasteiger partial charge in [0.15, 0.2) is 0 Å². The quantitative estimate of drug-likeness (QED) is 0.359. The number of hydrogen-bond donors (Lipinski definition) is 1. The van der Waals surface area contributed by atoms with Gasteiger partial charge in [-0.3, -0.25) is 0 Å². The van der Waals surface area contributed by atoms with Gasteiger partial charge in [0.2, 0.25) is 0 Å². The summed E-state index contributed by atoms with van der Waals surface area (Å²) in [5.41, 5.74) is 2.20. The van der Waals surface area contributed by atoms with Gasteiger partial charge in [-0.1, -0.05) is 54.1 Å². The molecule has 3 nitrogen and oxygen atoms in total. The van der Waals surface area contributed by atoms with Gasteiger partial charge in [-0.05, 0) is 48.2 Å². The third kappa shape index (κ3) is 3.55. The summed E-state index contributed by atoms with van der Waals surface area (Å²) in [6.45, 7) is 0.726. The number of fused-ring (bicyclic) bond motifs is 2. The van der Waals surface area contributed by atoms with Crippen LogP contribution in [0.15, 0.2) is 60.7 Å². The van der Waals surface area contributed by atoms with Gasteiger partial charge in [0.1, 0.15) is 5.82 Å². The molecule has 1 aromatic heterocycles. The number of benzene rings is 3. The van der Waals surface area contributed by atoms with E-state index in [-0.39, 0.29) is 10.7 Å². The van der Waals surface area contributed by atoms with Crippen molar-refractivity contribution in [3.63, 3.8) is 0 Å². The van der Waals surface area contributed by atoms with Crippen molar-refractivity contribution in [2.45, 2.75) is 25.4 Å². The first kappa shape index (κ1) is 19.9. The van der Waals surface area contributed by atoms with Crippen LogP contribution in [0.1, 0.15) is 24.0 Å². The fourth-order valence-corrected chi connectivity index (χ4v) is 4.37. The van der Waals surface area contributed by atoms with E-state index in [1.165, 1.54) is 10.7 Å². The van der Waals surface area contributed by atoms with Crippen molar-refractivity contribution in [1.82, 2.24) is 9.78 Å². The lowest BCUT2D eigenvalue weighted by molar-refractivity contribution is -0.137. The number of halogens is 4. The van der Waals surface area contributed by atoms with E-state index in [1.807, 2.05) is 42.5 Å². The Morgan fingerprint density at radius 1 is 0.968 bits per heavy atom. The Kier molecular flexibility index (Phi) is 4.89. The second kappa shape index (κ2) is 7.61. The van der Waals surface area contributed by atoms with E-state index in [9.17, 15) is 13.2 Å². The predicted molar refractivity (Wildman–Crippen MR) is 118 cm³/mol. The Labute approximate surface area is 182 Å². The fraction of sp³-hybridized carbons (Fsp3) is 0.208. The summed E-state index contributed by atoms with van der Waals surface area (Å²) in [7, 11) is 0. The molecular weight excluding hydrogens is 423 g/mol. The molecule has 158 valence electrons. The molecule has 1 aliphatic heterocycles. The van der Waals surface area contributed by atoms with E-state index < -0.39 is 11.7 Å². The van der Waals surface area contributed by atoms with Crippen molar-refractivity contribution < 1.29 is 13.2 Å². The van der Waals surface area contributed by atoms with Gasteiger partial charge in [-0.25, -0.2) is 4.68 Å². The first-order chi connectivity index (χ1) is 14.9. The van der Waals surface area contributed by atoms with Crippen LogP contribution in [0.5, 0.6) is 0 Å². The van der Waals surface area contributed by atoms with Crippen molar-refractivity contribution in [2.24, 2.45) is 0 Å². The first-order valence-corrected chi connectivity index (χ1v) is 10.5. The van der Waals surface area contributed by atoms with Crippen LogP contribution in [0.3, 0.4) is 0 Å². The molecule has 0 aliphatic carbocycles. The van der Waals surface area contributed by atoms with Crippen LogP contribution in [0.2, 0.25) is 5.02 Å². The molecule has 7 heteroatoms. The molecule has 2 heterocycles. The molecule has 1 aliphatic rings. The molecule has 0 spiro atoms. The topological polar surface area (TPSA) is 29.9 Å². The van der Waals surface area contributed by atoms with Crippen LogP contribution in [0.4, 0.5) is 19.0 Å². The minimum atomic E-state index is -4.46. The van der Waals surface area contributed by atoms with Gasteiger partial charge in [0.05, 0.1) is 22.0 Å². The van der Waals surface area contributed by atoms with Crippen molar-refractivity contribution in [1.29, 1.82) is 0 Å². The lowest BCUT2D eigenvalue weighted by Gasteiger charge is -2.13. The standard InChI is InChI=1S/C24H19ClF3N3/c25-20-12-11-16(24(26,27)28)14-21(20)31-23-19(9-3-4-13-29-23)22(30-31)18-10-5-7-15-6-1-2-8-17(15)18/h1-2,5-8,10-12,14,29H,3-4,9,13H2. The van der Waals surface area contributed by atoms with Crippen LogP contribution in [0, 0.1) is 0 Å². The Bertz CT molecular complexity index is 1270. The zero-order valence-corrected chi connectivity index (χ0v) is 17.3. The SMILES string of the molecule is FC(F)(F)c1ccc(Cl)c(-n2nc(-c3cccc4ccccc34)c3c2NCCCC3)c1. The number of rotatable bonds is 2. The van der Waals surface area contributed by atoms with Crippen molar-refractivity contribution in [3.05, 3.63) is 76.8 Å². The van der Waals surface area contributed by atoms with Gasteiger partial charge in [0, 0.05) is 17.7 Å². The van der Waals surface area contributed by atoms with E-state index in [4.69, 9.17) is 16.7 Å². The molecule has 0 fully saturated rings. The monoisotopic (exact) mass is 441 g/mol. The Balaban J connectivity index is 1.77. The molecule has 5 rings (SSSR count). The largest absolute Gasteiger partial charge is 0.416 e. The van der Waals surface area contributed by atoms with Crippen molar-refractivity contribution >= 4 is 28.2 Å². The predicted octanol–water partition coefficient (Wildman–Crippen LogP) is 7.11. The molecule has 0 saturated heterocycles. The zero-order chi connectivity index (χ0) is 21.6. The molecule has 0 atom stereocenters. The summed E-state index contributed by atoms with van der Waals surface area (Å²) in [5, 5.41) is 10.5. The van der Waals surface area contributed by atoms with Crippen LogP contribution < -0.4 is 5.32 Å². The van der Waals surface area contributed by atoms with E-state index >= 15 is 0 Å². The van der Waals surface area contributed by atoms with E-state index in [0.29, 0.717) is 5.82 Å². The Hall–Kier alpha value is -2.99. The number of nitrogens with zero attached hydrogens (tertiary/aromatic N) is 2. The average molecular weight is 442 g/mol. The van der Waals surface area contributed by atoms with Crippen LogP contribution in [0.25, 0.3) is 27.7 Å². The molecule has 0 unspecified atom stereocenters. The zero-order valence-electron chi connectivity index (χ0n) is 16.5. The molecule has 0 amide bonds. The smallest absolute Gasteiger partial charge is 0.370 e. The highest BCUT2D eigenvalue weighted by Crippen LogP contribution is 2.39. The summed E-state index contributed by atoms with van der Waals surface area (Å²) in [6, 6.07) is 17.4. The highest BCUT2D eigenvalue weighted by Gasteiger charge is 2.32. The molecule has 1 N–H and O–H groups in total. The van der Waals surface area contributed by atoms with E-state index in [1.54, 1.807) is 0 Å². The molecule has 0 saturated carbocycles. The highest BCUT2D eigenvalue weighted by atomic mass is 35.5. The second-order valence-corrected chi connectivity index (χ2v) is 8.07. The number of hydrogen-bond acceptors (Lipinski definition) is 2. The van der Waals surface area contributed by atoms with Gasteiger partial charge in [-0.2, -0.15) is 18.3 Å². The van der Waals surface area contributed by atoms with Crippen LogP contribution >= 0.6 is 11.6 Å². The van der Waals surface area contributed by atoms with E-state index in [2.05, 4.69) is 5.32 Å². The summed E-state index contributed by atoms with van der Waals surface area (Å²) in [5.74, 6) is 0.710. The van der Waals surface area contributed by atoms with Crippen molar-refractivity contribution in [2.75, 3.05) is 11.9 Å². The first-order valence-electron chi connectivity index (χ1n) is 10.1. The average Bonchev–Trinajstić information content (AvgIpc) is 2.93. The number of anilines is 1. The molecule has 31 heavy (non-hydrogen) atoms. The summed E-state index contributed by atoms with van der Waals surface area (Å²) < 4.78 is 41.7. The molecule has 0 radical (unpaired) electrons. The molecule has 3 aromatic carbocycles. The minimum absolute atomic E-state index is 0.216. The Morgan fingerprint density at radius 2 is 1.77 bits per heavy atom. The fourth-order valence-electron chi connectivity index (χ4n) is 4.18. The minimum Gasteiger partial charge on any atom is -0.370 e. The van der Waals surface area contributed by atoms with Crippen LogP contribution in [-0.2, 0) is 12.6 Å². The number of nitrogens with one attached hydrogen (secondary N) is 1. The number of aromatic nitrogens is 2. The second-order valence-electron chi connectivity index (χ2n) is 7.66. The molecular formula is C24H19ClF3N3. The van der Waals surface area contributed by atoms with Crippen LogP contribution in [-0.4, -0.2) is 16.3 Å². The van der Waals surface area contributed by atoms with Crippen molar-refractivity contribution in [3.8, 4) is 16.9 Å². The lowest BCUT2D eigenvalue weighted by atomic mass is 9.98. The Morgan fingerprint density at radius 3 is 2.61 bits per heavy atom. The number of alkyl halides is 3. The maximum Gasteiger partial charge on any atom is 0.416 e. The maximum atomic E-state index is 13.4. The molecule has 4 aromatic rings. The normalized spacial score (nSPS) is 14.2. The summed E-state index contributed by atoms with van der Waals surface area (Å²) in [6.07, 6.45) is -1.73. The summed E-state index contributed by atoms with van der Waals surface area (Å²) >= 11 is 6.36. The van der Waals surface area contributed by atoms with Gasteiger partial charge >= 0.3 is 6.18 Å². The van der Waals surface area contributed by atoms with Gasteiger partial charge < -0.3 is 5.32 Å². The van der Waals surface area contributed by atoms with E-state index in [0.717, 1.165) is 65.5 Å².